The van der Waals surface area contributed by atoms with Gasteiger partial charge < -0.3 is 73.6 Å². The molecule has 0 fully saturated rings. The number of aromatic nitrogens is 2. The molecule has 2 aromatic heterocycles. The third kappa shape index (κ3) is 17.3. The third-order valence-electron chi connectivity index (χ3n) is 15.2. The first-order valence-electron chi connectivity index (χ1n) is 29.1. The van der Waals surface area contributed by atoms with Crippen LogP contribution in [0.15, 0.2) is 29.1 Å². The molecule has 5 heterocycles. The molecular weight excluding hydrogens is 1110 g/mol. The molecule has 1 aliphatic carbocycles. The Morgan fingerprint density at radius 3 is 1.86 bits per heavy atom. The van der Waals surface area contributed by atoms with Crippen molar-refractivity contribution in [1.82, 2.24) is 35.7 Å². The molecule has 85 heavy (non-hydrogen) atoms. The number of pyridine rings is 2. The number of rotatable bonds is 38. The van der Waals surface area contributed by atoms with Crippen molar-refractivity contribution in [2.75, 3.05) is 125 Å². The van der Waals surface area contributed by atoms with Crippen LogP contribution in [0.25, 0.3) is 22.3 Å². The fourth-order valence-electron chi connectivity index (χ4n) is 10.3. The molecule has 0 radical (unpaired) electrons. The minimum Gasteiger partial charge on any atom is -0.458 e. The van der Waals surface area contributed by atoms with Gasteiger partial charge in [-0.25, -0.2) is 14.2 Å². The van der Waals surface area contributed by atoms with Crippen molar-refractivity contribution in [2.24, 2.45) is 11.8 Å². The van der Waals surface area contributed by atoms with E-state index in [0.29, 0.717) is 151 Å². The zero-order valence-corrected chi connectivity index (χ0v) is 49.1. The van der Waals surface area contributed by atoms with Crippen LogP contribution in [0.1, 0.15) is 92.8 Å². The number of aryl methyl sites for hydroxylation is 1. The highest BCUT2D eigenvalue weighted by Gasteiger charge is 2.46. The van der Waals surface area contributed by atoms with Crippen molar-refractivity contribution in [3.63, 3.8) is 0 Å². The molecule has 7 rings (SSSR count). The SMILES string of the molecule is CC[C@@]1(O)C(=O)OCc2c1cc1n(c2=O)Cc2c-1nc1cc(F)c(C)c3c1c2[C@@H](NC(=O)[C@H](C)NC(=O)[C@@H](CNC(=O)CCOCCOCCOCCOCCOCCOCCOCCOCCNC(=O)CCN1C(=O)C=CC1=O)C(C)C)CC3. The molecule has 0 bridgehead atoms. The molecule has 0 saturated heterocycles. The maximum atomic E-state index is 15.4. The molecule has 0 unspecified atom stereocenters. The molecular formula is C59H80FN7O18. The van der Waals surface area contributed by atoms with E-state index in [2.05, 4.69) is 21.3 Å². The Balaban J connectivity index is 0.693. The maximum Gasteiger partial charge on any atom is 0.343 e. The predicted molar refractivity (Wildman–Crippen MR) is 302 cm³/mol. The van der Waals surface area contributed by atoms with Crippen molar-refractivity contribution in [2.45, 2.75) is 97.6 Å². The Bertz CT molecular complexity index is 2950. The quantitative estimate of drug-likeness (QED) is 0.0241. The van der Waals surface area contributed by atoms with Crippen LogP contribution >= 0.6 is 0 Å². The summed E-state index contributed by atoms with van der Waals surface area (Å²) in [7, 11) is 0. The second-order valence-electron chi connectivity index (χ2n) is 21.2. The number of benzene rings is 1. The summed E-state index contributed by atoms with van der Waals surface area (Å²) < 4.78 is 66.2. The predicted octanol–water partition coefficient (Wildman–Crippen LogP) is 1.48. The number of amides is 6. The second kappa shape index (κ2) is 32.2. The minimum absolute atomic E-state index is 0.0277. The number of carbonyl (C=O) groups excluding carboxylic acids is 7. The van der Waals surface area contributed by atoms with Crippen LogP contribution in [0.3, 0.4) is 0 Å². The lowest BCUT2D eigenvalue weighted by Gasteiger charge is -2.31. The minimum atomic E-state index is -2.04. The van der Waals surface area contributed by atoms with E-state index in [9.17, 15) is 43.5 Å². The highest BCUT2D eigenvalue weighted by atomic mass is 19.1. The van der Waals surface area contributed by atoms with Crippen LogP contribution in [-0.2, 0) is 101 Å². The summed E-state index contributed by atoms with van der Waals surface area (Å²) in [4.78, 5) is 108. The van der Waals surface area contributed by atoms with Crippen molar-refractivity contribution in [3.05, 3.63) is 73.8 Å². The van der Waals surface area contributed by atoms with Gasteiger partial charge in [0, 0.05) is 67.2 Å². The summed E-state index contributed by atoms with van der Waals surface area (Å²) >= 11 is 0. The fraction of sp³-hybridized carbons (Fsp3) is 0.610. The summed E-state index contributed by atoms with van der Waals surface area (Å²) in [5.41, 5.74) is 1.45. The van der Waals surface area contributed by atoms with Gasteiger partial charge >= 0.3 is 5.97 Å². The molecule has 6 amide bonds. The molecule has 4 atom stereocenters. The molecule has 1 aromatic carbocycles. The van der Waals surface area contributed by atoms with Gasteiger partial charge in [-0.3, -0.25) is 38.5 Å². The van der Waals surface area contributed by atoms with Crippen molar-refractivity contribution in [3.8, 4) is 11.4 Å². The number of ether oxygens (including phenoxy) is 9. The van der Waals surface area contributed by atoms with Gasteiger partial charge in [0.05, 0.1) is 147 Å². The van der Waals surface area contributed by atoms with E-state index in [1.165, 1.54) is 22.8 Å². The topological polar surface area (TPSA) is 309 Å². The van der Waals surface area contributed by atoms with Gasteiger partial charge in [-0.05, 0) is 61.8 Å². The summed E-state index contributed by atoms with van der Waals surface area (Å²) in [6, 6.07) is 1.34. The molecule has 3 aromatic rings. The Hall–Kier alpha value is -6.62. The number of esters is 1. The van der Waals surface area contributed by atoms with E-state index >= 15 is 4.39 Å². The molecule has 5 N–H and O–H groups in total. The number of carbonyl (C=O) groups is 7. The highest BCUT2D eigenvalue weighted by molar-refractivity contribution is 6.13. The molecule has 4 aliphatic rings. The summed E-state index contributed by atoms with van der Waals surface area (Å²) in [5.74, 6) is -4.44. The second-order valence-corrected chi connectivity index (χ2v) is 21.2. The number of nitrogens with zero attached hydrogens (tertiary/aromatic N) is 3. The van der Waals surface area contributed by atoms with Gasteiger partial charge in [-0.15, -0.1) is 0 Å². The smallest absolute Gasteiger partial charge is 0.343 e. The molecule has 0 spiro atoms. The number of halogens is 1. The Morgan fingerprint density at radius 2 is 1.29 bits per heavy atom. The normalized spacial score (nSPS) is 17.4. The first kappa shape index (κ1) is 65.9. The van der Waals surface area contributed by atoms with Crippen LogP contribution in [0, 0.1) is 24.6 Å². The largest absolute Gasteiger partial charge is 0.458 e. The van der Waals surface area contributed by atoms with Crippen LogP contribution in [0.4, 0.5) is 4.39 Å². The summed E-state index contributed by atoms with van der Waals surface area (Å²) in [6.45, 7) is 14.4. The molecule has 0 saturated carbocycles. The number of hydrogen-bond donors (Lipinski definition) is 5. The Labute approximate surface area is 492 Å². The number of imide groups is 1. The zero-order chi connectivity index (χ0) is 61.0. The maximum absolute atomic E-state index is 15.4. The van der Waals surface area contributed by atoms with E-state index in [1.807, 2.05) is 13.8 Å². The molecule has 466 valence electrons. The highest BCUT2D eigenvalue weighted by Crippen LogP contribution is 2.46. The lowest BCUT2D eigenvalue weighted by Crippen LogP contribution is -2.50. The van der Waals surface area contributed by atoms with Crippen LogP contribution in [0.5, 0.6) is 0 Å². The van der Waals surface area contributed by atoms with Crippen molar-refractivity contribution in [1.29, 1.82) is 0 Å². The average Bonchev–Trinajstić information content (AvgIpc) is 1.69. The number of fused-ring (bicyclic) bond motifs is 5. The molecule has 3 aliphatic heterocycles. The van der Waals surface area contributed by atoms with Gasteiger partial charge in [-0.1, -0.05) is 20.8 Å². The standard InChI is InChI=1S/C59H80FN7O18/c1-6-59(76)43-31-47-54-41(34-67(47)57(74)42(43)35-85-58(59)75)53-45(8-7-39-37(4)44(60)32-46(64-54)52(39)53)65-55(72)38(5)63-56(73)40(36(2)3)33-62-49(69)12-15-77-17-19-79-21-23-81-25-27-83-29-30-84-28-26-82-24-22-80-20-18-78-16-13-61-48(68)11-14-66-50(70)9-10-51(66)71/h9-10,31-32,36,38,40,45,76H,6-8,11-30,33-35H2,1-5H3,(H,61,68)(H,62,69)(H,63,73)(H,65,72)/t38-,40-,45-,59-/m0/s1. The van der Waals surface area contributed by atoms with Gasteiger partial charge in [0.1, 0.15) is 18.5 Å². The van der Waals surface area contributed by atoms with Crippen LogP contribution in [-0.4, -0.2) is 192 Å². The van der Waals surface area contributed by atoms with Gasteiger partial charge in [0.2, 0.25) is 23.6 Å². The van der Waals surface area contributed by atoms with Crippen LogP contribution in [0.2, 0.25) is 0 Å². The summed E-state index contributed by atoms with van der Waals surface area (Å²) in [5, 5.41) is 23.5. The molecule has 26 heteroatoms. The lowest BCUT2D eigenvalue weighted by molar-refractivity contribution is -0.172. The van der Waals surface area contributed by atoms with E-state index in [-0.39, 0.29) is 87.6 Å². The van der Waals surface area contributed by atoms with E-state index in [1.54, 1.807) is 26.8 Å². The lowest BCUT2D eigenvalue weighted by atomic mass is 9.81. The summed E-state index contributed by atoms with van der Waals surface area (Å²) in [6.07, 6.45) is 3.24. The Morgan fingerprint density at radius 1 is 0.741 bits per heavy atom. The van der Waals surface area contributed by atoms with E-state index < -0.39 is 64.6 Å². The van der Waals surface area contributed by atoms with E-state index in [4.69, 9.17) is 47.6 Å². The average molecular weight is 1190 g/mol. The number of hydrogen-bond acceptors (Lipinski definition) is 19. The van der Waals surface area contributed by atoms with Gasteiger partial charge in [0.15, 0.2) is 5.60 Å². The molecule has 25 nitrogen and oxygen atoms in total. The third-order valence-corrected chi connectivity index (χ3v) is 15.2. The van der Waals surface area contributed by atoms with E-state index in [0.717, 1.165) is 10.5 Å². The first-order valence-corrected chi connectivity index (χ1v) is 29.1. The van der Waals surface area contributed by atoms with Crippen LogP contribution < -0.4 is 26.8 Å². The fourth-order valence-corrected chi connectivity index (χ4v) is 10.3. The number of aliphatic hydroxyl groups is 1. The number of cyclic esters (lactones) is 1. The zero-order valence-electron chi connectivity index (χ0n) is 49.1. The first-order chi connectivity index (χ1) is 40.9. The Kier molecular flexibility index (Phi) is 25.0. The monoisotopic (exact) mass is 1190 g/mol. The van der Waals surface area contributed by atoms with Gasteiger partial charge in [-0.2, -0.15) is 0 Å². The van der Waals surface area contributed by atoms with Gasteiger partial charge in [0.25, 0.3) is 17.4 Å². The number of nitrogens with one attached hydrogen (secondary N) is 4. The van der Waals surface area contributed by atoms with Crippen molar-refractivity contribution >= 4 is 52.3 Å². The van der Waals surface area contributed by atoms with Crippen molar-refractivity contribution < 1.29 is 85.7 Å².